The molecule has 0 saturated carbocycles. The van der Waals surface area contributed by atoms with E-state index in [1.54, 1.807) is 6.07 Å². The zero-order valence-electron chi connectivity index (χ0n) is 8.85. The van der Waals surface area contributed by atoms with Gasteiger partial charge in [-0.25, -0.2) is 4.79 Å². The number of halogens is 2. The quantitative estimate of drug-likeness (QED) is 0.480. The molecule has 98 valence electrons. The van der Waals surface area contributed by atoms with Crippen molar-refractivity contribution >= 4 is 57.1 Å². The lowest BCUT2D eigenvalue weighted by Crippen LogP contribution is -2.43. The highest BCUT2D eigenvalue weighted by atomic mass is 127. The van der Waals surface area contributed by atoms with Crippen molar-refractivity contribution < 1.29 is 24.9 Å². The number of carboxylic acids is 1. The zero-order valence-corrected chi connectivity index (χ0v) is 13.2. The maximum atomic E-state index is 11.8. The van der Waals surface area contributed by atoms with Crippen molar-refractivity contribution in [1.29, 1.82) is 0 Å². The highest BCUT2D eigenvalue weighted by Crippen LogP contribution is 2.26. The van der Waals surface area contributed by atoms with Gasteiger partial charge < -0.3 is 20.6 Å². The number of hydrogen-bond acceptors (Lipinski definition) is 4. The minimum absolute atomic E-state index is 0.0222. The first-order chi connectivity index (χ1) is 8.36. The van der Waals surface area contributed by atoms with Crippen LogP contribution < -0.4 is 5.32 Å². The lowest BCUT2D eigenvalue weighted by molar-refractivity contribution is -0.140. The van der Waals surface area contributed by atoms with E-state index in [0.717, 1.165) is 3.57 Å². The van der Waals surface area contributed by atoms with Crippen LogP contribution in [0.4, 0.5) is 0 Å². The minimum Gasteiger partial charge on any atom is -0.506 e. The molecule has 0 saturated heterocycles. The fourth-order valence-corrected chi connectivity index (χ4v) is 3.01. The Balaban J connectivity index is 3.01. The highest BCUT2D eigenvalue weighted by molar-refractivity contribution is 14.1. The normalized spacial score (nSPS) is 11.9. The minimum atomic E-state index is -1.40. The van der Waals surface area contributed by atoms with Crippen molar-refractivity contribution in [2.75, 3.05) is 6.61 Å². The lowest BCUT2D eigenvalue weighted by atomic mass is 10.1. The van der Waals surface area contributed by atoms with Crippen LogP contribution in [0.5, 0.6) is 5.75 Å². The number of rotatable bonds is 4. The summed E-state index contributed by atoms with van der Waals surface area (Å²) >= 11 is 3.84. The summed E-state index contributed by atoms with van der Waals surface area (Å²) in [6.45, 7) is -0.719. The highest BCUT2D eigenvalue weighted by Gasteiger charge is 2.22. The largest absolute Gasteiger partial charge is 0.506 e. The van der Waals surface area contributed by atoms with Crippen molar-refractivity contribution in [1.82, 2.24) is 5.32 Å². The molecule has 0 spiro atoms. The molecular weight excluding hydrogens is 468 g/mol. The van der Waals surface area contributed by atoms with Crippen molar-refractivity contribution in [2.45, 2.75) is 6.04 Å². The fraction of sp³-hybridized carbons (Fsp3) is 0.200. The molecule has 0 heterocycles. The molecule has 0 aliphatic carbocycles. The average Bonchev–Trinajstić information content (AvgIpc) is 2.29. The number of aliphatic hydroxyl groups excluding tert-OH is 1. The van der Waals surface area contributed by atoms with Crippen LogP contribution in [0.15, 0.2) is 12.1 Å². The Hall–Kier alpha value is -0.620. The third-order valence-electron chi connectivity index (χ3n) is 2.06. The van der Waals surface area contributed by atoms with Crippen LogP contribution in [-0.2, 0) is 4.79 Å². The van der Waals surface area contributed by atoms with Crippen molar-refractivity contribution in [3.05, 3.63) is 24.8 Å². The second-order valence-electron chi connectivity index (χ2n) is 3.33. The van der Waals surface area contributed by atoms with E-state index in [0.29, 0.717) is 3.57 Å². The van der Waals surface area contributed by atoms with Crippen LogP contribution in [0.3, 0.4) is 0 Å². The standard InChI is InChI=1S/C10H9I2NO5/c11-4-1-5(8(15)6(12)2-4)9(16)13-7(3-14)10(17)18/h1-2,7,14-15H,3H2,(H,13,16)(H,17,18). The third-order valence-corrected chi connectivity index (χ3v) is 3.50. The van der Waals surface area contributed by atoms with Crippen LogP contribution in [0.25, 0.3) is 0 Å². The van der Waals surface area contributed by atoms with E-state index in [2.05, 4.69) is 5.32 Å². The van der Waals surface area contributed by atoms with Crippen molar-refractivity contribution in [3.63, 3.8) is 0 Å². The number of hydrogen-bond donors (Lipinski definition) is 4. The Kier molecular flexibility index (Phi) is 5.59. The predicted octanol–water partition coefficient (Wildman–Crippen LogP) is 0.777. The number of benzene rings is 1. The number of carboxylic acid groups (broad SMARTS) is 1. The summed E-state index contributed by atoms with van der Waals surface area (Å²) in [5.41, 5.74) is -0.0222. The predicted molar refractivity (Wildman–Crippen MR) is 79.5 cm³/mol. The van der Waals surface area contributed by atoms with Gasteiger partial charge >= 0.3 is 5.97 Å². The summed E-state index contributed by atoms with van der Waals surface area (Å²) in [4.78, 5) is 22.5. The lowest BCUT2D eigenvalue weighted by Gasteiger charge is -2.13. The van der Waals surface area contributed by atoms with E-state index < -0.39 is 24.5 Å². The zero-order chi connectivity index (χ0) is 13.9. The number of carbonyl (C=O) groups is 2. The second-order valence-corrected chi connectivity index (χ2v) is 5.74. The first kappa shape index (κ1) is 15.4. The molecule has 0 bridgehead atoms. The SMILES string of the molecule is O=C(NC(CO)C(=O)O)c1cc(I)cc(I)c1O. The maximum absolute atomic E-state index is 11.8. The summed E-state index contributed by atoms with van der Waals surface area (Å²) in [6, 6.07) is 1.71. The van der Waals surface area contributed by atoms with E-state index in [1.807, 2.05) is 45.2 Å². The monoisotopic (exact) mass is 477 g/mol. The average molecular weight is 477 g/mol. The van der Waals surface area contributed by atoms with Gasteiger partial charge in [0.05, 0.1) is 15.7 Å². The van der Waals surface area contributed by atoms with Crippen LogP contribution in [-0.4, -0.2) is 39.8 Å². The van der Waals surface area contributed by atoms with Gasteiger partial charge in [0.2, 0.25) is 0 Å². The number of aromatic hydroxyl groups is 1. The van der Waals surface area contributed by atoms with Gasteiger partial charge in [-0.3, -0.25) is 4.79 Å². The molecule has 0 fully saturated rings. The van der Waals surface area contributed by atoms with E-state index in [-0.39, 0.29) is 11.3 Å². The molecule has 1 aromatic rings. The molecule has 1 amide bonds. The molecule has 0 radical (unpaired) electrons. The summed E-state index contributed by atoms with van der Waals surface area (Å²) in [5.74, 6) is -2.30. The topological polar surface area (TPSA) is 107 Å². The fourth-order valence-electron chi connectivity index (χ4n) is 1.16. The first-order valence-corrected chi connectivity index (χ1v) is 6.85. The number of phenols is 1. The van der Waals surface area contributed by atoms with E-state index in [9.17, 15) is 14.7 Å². The van der Waals surface area contributed by atoms with Gasteiger partial charge in [0, 0.05) is 3.57 Å². The van der Waals surface area contributed by atoms with Gasteiger partial charge in [0.25, 0.3) is 5.91 Å². The Bertz CT molecular complexity index is 491. The number of nitrogens with one attached hydrogen (secondary N) is 1. The maximum Gasteiger partial charge on any atom is 0.328 e. The van der Waals surface area contributed by atoms with Crippen molar-refractivity contribution in [2.24, 2.45) is 0 Å². The molecule has 4 N–H and O–H groups in total. The Labute approximate surface area is 130 Å². The van der Waals surface area contributed by atoms with E-state index in [1.165, 1.54) is 6.07 Å². The van der Waals surface area contributed by atoms with Gasteiger partial charge in [-0.15, -0.1) is 0 Å². The first-order valence-electron chi connectivity index (χ1n) is 4.69. The number of carbonyl (C=O) groups excluding carboxylic acids is 1. The molecule has 0 aliphatic rings. The van der Waals surface area contributed by atoms with Crippen LogP contribution in [0.2, 0.25) is 0 Å². The molecule has 1 atom stereocenters. The van der Waals surface area contributed by atoms with Crippen LogP contribution in [0, 0.1) is 7.14 Å². The number of phenolic OH excluding ortho intramolecular Hbond substituents is 1. The van der Waals surface area contributed by atoms with Gasteiger partial charge in [-0.1, -0.05) is 0 Å². The number of amides is 1. The molecule has 18 heavy (non-hydrogen) atoms. The summed E-state index contributed by atoms with van der Waals surface area (Å²) < 4.78 is 1.22. The summed E-state index contributed by atoms with van der Waals surface area (Å²) in [7, 11) is 0. The van der Waals surface area contributed by atoms with Gasteiger partial charge in [0.1, 0.15) is 5.75 Å². The van der Waals surface area contributed by atoms with Gasteiger partial charge in [-0.05, 0) is 57.3 Å². The smallest absolute Gasteiger partial charge is 0.328 e. The van der Waals surface area contributed by atoms with Crippen LogP contribution in [0.1, 0.15) is 10.4 Å². The van der Waals surface area contributed by atoms with Crippen LogP contribution >= 0.6 is 45.2 Å². The molecule has 1 unspecified atom stereocenters. The molecule has 6 nitrogen and oxygen atoms in total. The molecule has 0 aromatic heterocycles. The Morgan fingerprint density at radius 1 is 1.33 bits per heavy atom. The number of aliphatic carboxylic acids is 1. The molecular formula is C10H9I2NO5. The van der Waals surface area contributed by atoms with Gasteiger partial charge in [-0.2, -0.15) is 0 Å². The molecule has 0 aliphatic heterocycles. The molecule has 1 rings (SSSR count). The van der Waals surface area contributed by atoms with Crippen molar-refractivity contribution in [3.8, 4) is 5.75 Å². The van der Waals surface area contributed by atoms with E-state index >= 15 is 0 Å². The van der Waals surface area contributed by atoms with Gasteiger partial charge in [0.15, 0.2) is 6.04 Å². The third kappa shape index (κ3) is 3.68. The number of aliphatic hydroxyl groups is 1. The summed E-state index contributed by atoms with van der Waals surface area (Å²) in [5, 5.41) is 29.4. The molecule has 8 heteroatoms. The second kappa shape index (κ2) is 6.52. The Morgan fingerprint density at radius 3 is 2.44 bits per heavy atom. The molecule has 1 aromatic carbocycles. The summed E-state index contributed by atoms with van der Waals surface area (Å²) in [6.07, 6.45) is 0. The van der Waals surface area contributed by atoms with E-state index in [4.69, 9.17) is 10.2 Å². The Morgan fingerprint density at radius 2 is 1.94 bits per heavy atom.